The Morgan fingerprint density at radius 3 is 2.75 bits per heavy atom. The fourth-order valence-corrected chi connectivity index (χ4v) is 6.56. The van der Waals surface area contributed by atoms with Gasteiger partial charge < -0.3 is 0 Å². The highest BCUT2D eigenvalue weighted by molar-refractivity contribution is 5.79. The van der Waals surface area contributed by atoms with E-state index in [9.17, 15) is 4.79 Å². The van der Waals surface area contributed by atoms with E-state index in [-0.39, 0.29) is 5.92 Å². The van der Waals surface area contributed by atoms with Gasteiger partial charge in [-0.15, -0.1) is 0 Å². The molecular formula is C22H29NO. The minimum atomic E-state index is 0.287. The maximum absolute atomic E-state index is 12.4. The van der Waals surface area contributed by atoms with Crippen molar-refractivity contribution in [3.63, 3.8) is 0 Å². The quantitative estimate of drug-likeness (QED) is 0.835. The summed E-state index contributed by atoms with van der Waals surface area (Å²) in [6.45, 7) is 5.47. The lowest BCUT2D eigenvalue weighted by atomic mass is 9.48. The molecule has 6 rings (SSSR count). The minimum absolute atomic E-state index is 0.287. The number of carbonyl (C=O) groups excluding carboxylic acids is 1. The number of nitrogens with zero attached hydrogens (tertiary/aromatic N) is 1. The molecule has 2 heteroatoms. The molecule has 0 radical (unpaired) electrons. The third-order valence-corrected chi connectivity index (χ3v) is 7.87. The van der Waals surface area contributed by atoms with Crippen LogP contribution in [0.4, 0.5) is 0 Å². The van der Waals surface area contributed by atoms with Crippen LogP contribution in [0, 0.1) is 17.8 Å². The van der Waals surface area contributed by atoms with Crippen LogP contribution in [0.5, 0.6) is 0 Å². The van der Waals surface area contributed by atoms with E-state index in [1.807, 2.05) is 6.92 Å². The number of hydrogen-bond donors (Lipinski definition) is 0. The second kappa shape index (κ2) is 5.17. The van der Waals surface area contributed by atoms with Gasteiger partial charge in [-0.05, 0) is 68.4 Å². The van der Waals surface area contributed by atoms with Crippen molar-refractivity contribution < 1.29 is 4.79 Å². The first-order valence-corrected chi connectivity index (χ1v) is 9.98. The van der Waals surface area contributed by atoms with Gasteiger partial charge in [0.25, 0.3) is 0 Å². The number of benzene rings is 1. The molecule has 2 heterocycles. The lowest BCUT2D eigenvalue weighted by Gasteiger charge is -2.65. The maximum atomic E-state index is 12.4. The van der Waals surface area contributed by atoms with Gasteiger partial charge in [0.2, 0.25) is 0 Å². The number of rotatable bonds is 4. The summed E-state index contributed by atoms with van der Waals surface area (Å²) in [5.74, 6) is 2.30. The van der Waals surface area contributed by atoms with Crippen LogP contribution in [-0.2, 0) is 16.6 Å². The lowest BCUT2D eigenvalue weighted by Crippen LogP contribution is -2.70. The molecule has 4 fully saturated rings. The van der Waals surface area contributed by atoms with Gasteiger partial charge in [-0.1, -0.05) is 31.2 Å². The highest BCUT2D eigenvalue weighted by Gasteiger charge is 2.61. The van der Waals surface area contributed by atoms with Crippen molar-refractivity contribution in [1.29, 1.82) is 0 Å². The molecule has 3 aliphatic carbocycles. The van der Waals surface area contributed by atoms with Crippen LogP contribution >= 0.6 is 0 Å². The number of ketones is 1. The van der Waals surface area contributed by atoms with Crippen LogP contribution in [-0.4, -0.2) is 29.3 Å². The molecule has 2 saturated carbocycles. The van der Waals surface area contributed by atoms with Gasteiger partial charge in [0.15, 0.2) is 0 Å². The number of hydrogen-bond acceptors (Lipinski definition) is 2. The van der Waals surface area contributed by atoms with E-state index >= 15 is 0 Å². The van der Waals surface area contributed by atoms with Crippen LogP contribution in [0.1, 0.15) is 57.1 Å². The highest BCUT2D eigenvalue weighted by Crippen LogP contribution is 2.60. The summed E-state index contributed by atoms with van der Waals surface area (Å²) in [5, 5.41) is 0. The number of carbonyl (C=O) groups is 1. The van der Waals surface area contributed by atoms with E-state index in [1.165, 1.54) is 38.6 Å². The van der Waals surface area contributed by atoms with Gasteiger partial charge in [0.1, 0.15) is 5.78 Å². The normalized spacial score (nSPS) is 40.4. The SMILES string of the molecule is CC[C@@]12CC3C(C(C)=O)CC1C(Cc1ccccc12)N3CC1CC1. The van der Waals surface area contributed by atoms with Crippen molar-refractivity contribution in [2.45, 2.75) is 69.9 Å². The topological polar surface area (TPSA) is 20.3 Å². The molecule has 0 N–H and O–H groups in total. The summed E-state index contributed by atoms with van der Waals surface area (Å²) in [4.78, 5) is 15.2. The first kappa shape index (κ1) is 15.1. The Balaban J connectivity index is 1.61. The molecule has 2 saturated heterocycles. The predicted octanol–water partition coefficient (Wildman–Crippen LogP) is 3.97. The zero-order chi connectivity index (χ0) is 16.5. The molecule has 0 aromatic heterocycles. The van der Waals surface area contributed by atoms with E-state index in [1.54, 1.807) is 11.1 Å². The summed E-state index contributed by atoms with van der Waals surface area (Å²) in [6.07, 6.45) is 7.58. The third-order valence-electron chi connectivity index (χ3n) is 7.87. The Morgan fingerprint density at radius 2 is 2.04 bits per heavy atom. The highest BCUT2D eigenvalue weighted by atomic mass is 16.1. The maximum Gasteiger partial charge on any atom is 0.134 e. The van der Waals surface area contributed by atoms with Gasteiger partial charge >= 0.3 is 0 Å². The van der Waals surface area contributed by atoms with Crippen molar-refractivity contribution in [3.8, 4) is 0 Å². The fourth-order valence-electron chi connectivity index (χ4n) is 6.56. The van der Waals surface area contributed by atoms with Crippen molar-refractivity contribution in [1.82, 2.24) is 4.90 Å². The molecule has 4 unspecified atom stereocenters. The molecule has 2 nitrogen and oxygen atoms in total. The van der Waals surface area contributed by atoms with Gasteiger partial charge in [0, 0.05) is 30.0 Å². The smallest absolute Gasteiger partial charge is 0.134 e. The summed E-state index contributed by atoms with van der Waals surface area (Å²) in [7, 11) is 0. The zero-order valence-corrected chi connectivity index (χ0v) is 15.0. The third kappa shape index (κ3) is 1.95. The Hall–Kier alpha value is -1.15. The first-order chi connectivity index (χ1) is 11.6. The fraction of sp³-hybridized carbons (Fsp3) is 0.682. The van der Waals surface area contributed by atoms with Crippen molar-refractivity contribution in [2.24, 2.45) is 17.8 Å². The Bertz CT molecular complexity index is 678. The number of Topliss-reactive ketones (excluding diaryl/α,β-unsaturated/α-hetero) is 1. The molecular weight excluding hydrogens is 294 g/mol. The average Bonchev–Trinajstić information content (AvgIpc) is 3.41. The molecule has 128 valence electrons. The van der Waals surface area contributed by atoms with E-state index in [0.29, 0.717) is 29.2 Å². The van der Waals surface area contributed by atoms with Crippen molar-refractivity contribution >= 4 is 5.78 Å². The number of piperidine rings is 2. The average molecular weight is 323 g/mol. The van der Waals surface area contributed by atoms with Gasteiger partial charge in [-0.3, -0.25) is 9.69 Å². The van der Waals surface area contributed by atoms with Crippen molar-refractivity contribution in [2.75, 3.05) is 6.54 Å². The summed E-state index contributed by atoms with van der Waals surface area (Å²) in [6, 6.07) is 10.4. The predicted molar refractivity (Wildman–Crippen MR) is 96.0 cm³/mol. The molecule has 0 spiro atoms. The van der Waals surface area contributed by atoms with Gasteiger partial charge in [-0.25, -0.2) is 0 Å². The van der Waals surface area contributed by atoms with E-state index < -0.39 is 0 Å². The first-order valence-electron chi connectivity index (χ1n) is 9.98. The van der Waals surface area contributed by atoms with Crippen LogP contribution in [0.2, 0.25) is 0 Å². The van der Waals surface area contributed by atoms with Gasteiger partial charge in [-0.2, -0.15) is 0 Å². The molecule has 1 aromatic carbocycles. The van der Waals surface area contributed by atoms with Crippen LogP contribution in [0.3, 0.4) is 0 Å². The summed E-state index contributed by atoms with van der Waals surface area (Å²) in [5.41, 5.74) is 3.53. The molecule has 4 bridgehead atoms. The van der Waals surface area contributed by atoms with E-state index in [4.69, 9.17) is 0 Å². The zero-order valence-electron chi connectivity index (χ0n) is 15.0. The second-order valence-electron chi connectivity index (χ2n) is 8.91. The standard InChI is InChI=1S/C22H29NO/c1-3-22-12-21-17(14(2)24)11-19(22)20(23(21)13-15-8-9-15)10-16-6-4-5-7-18(16)22/h4-7,15,17,19-21H,3,8-13H2,1-2H3/t17?,19?,20?,21?,22-/m0/s1. The molecule has 5 aliphatic rings. The lowest BCUT2D eigenvalue weighted by molar-refractivity contribution is -0.143. The van der Waals surface area contributed by atoms with Gasteiger partial charge in [0.05, 0.1) is 0 Å². The van der Waals surface area contributed by atoms with E-state index in [2.05, 4.69) is 36.1 Å². The Labute approximate surface area is 145 Å². The largest absolute Gasteiger partial charge is 0.300 e. The van der Waals surface area contributed by atoms with Crippen LogP contribution in [0.15, 0.2) is 24.3 Å². The van der Waals surface area contributed by atoms with Crippen LogP contribution < -0.4 is 0 Å². The van der Waals surface area contributed by atoms with Crippen LogP contribution in [0.25, 0.3) is 0 Å². The number of fused-ring (bicyclic) bond motifs is 2. The Morgan fingerprint density at radius 1 is 1.25 bits per heavy atom. The Kier molecular flexibility index (Phi) is 3.26. The summed E-state index contributed by atoms with van der Waals surface area (Å²) < 4.78 is 0. The molecule has 24 heavy (non-hydrogen) atoms. The molecule has 5 atom stereocenters. The molecule has 2 aliphatic heterocycles. The van der Waals surface area contributed by atoms with E-state index in [0.717, 1.165) is 12.3 Å². The molecule has 0 amide bonds. The second-order valence-corrected chi connectivity index (χ2v) is 8.91. The monoisotopic (exact) mass is 323 g/mol. The molecule has 1 aromatic rings. The van der Waals surface area contributed by atoms with Crippen molar-refractivity contribution in [3.05, 3.63) is 35.4 Å². The minimum Gasteiger partial charge on any atom is -0.300 e. The summed E-state index contributed by atoms with van der Waals surface area (Å²) >= 11 is 0.